The molecule has 1 saturated heterocycles. The summed E-state index contributed by atoms with van der Waals surface area (Å²) in [6.07, 6.45) is 2.05. The number of amides is 2. The molecule has 0 radical (unpaired) electrons. The van der Waals surface area contributed by atoms with Gasteiger partial charge < -0.3 is 15.2 Å². The van der Waals surface area contributed by atoms with E-state index in [9.17, 15) is 14.0 Å². The molecule has 2 aromatic rings. The summed E-state index contributed by atoms with van der Waals surface area (Å²) < 4.78 is 13.7. The molecule has 0 saturated carbocycles. The number of hydrogen-bond donors (Lipinski definition) is 2. The van der Waals surface area contributed by atoms with Crippen LogP contribution in [0.15, 0.2) is 24.3 Å². The average molecular weight is 345 g/mol. The molecule has 1 aliphatic heterocycles. The fourth-order valence-electron chi connectivity index (χ4n) is 3.26. The van der Waals surface area contributed by atoms with Gasteiger partial charge in [0, 0.05) is 36.5 Å². The predicted molar refractivity (Wildman–Crippen MR) is 94.8 cm³/mol. The van der Waals surface area contributed by atoms with Crippen molar-refractivity contribution in [3.63, 3.8) is 0 Å². The smallest absolute Gasteiger partial charge is 0.267 e. The first-order valence-corrected chi connectivity index (χ1v) is 8.80. The average Bonchev–Trinajstić information content (AvgIpc) is 3.01. The molecule has 1 aliphatic rings. The SMILES string of the molecule is CC(C)CC(=O)N1CCC(NC(=O)c2cc3c(F)cccc3[nH]2)CC1. The zero-order chi connectivity index (χ0) is 18.0. The second-order valence-corrected chi connectivity index (χ2v) is 7.11. The van der Waals surface area contributed by atoms with Crippen molar-refractivity contribution in [1.29, 1.82) is 0 Å². The minimum Gasteiger partial charge on any atom is -0.350 e. The number of aromatic nitrogens is 1. The minimum absolute atomic E-state index is 0.0341. The molecule has 0 aliphatic carbocycles. The number of rotatable bonds is 4. The quantitative estimate of drug-likeness (QED) is 0.894. The molecule has 0 spiro atoms. The van der Waals surface area contributed by atoms with Gasteiger partial charge in [-0.25, -0.2) is 4.39 Å². The summed E-state index contributed by atoms with van der Waals surface area (Å²) in [6.45, 7) is 5.40. The number of aromatic amines is 1. The molecule has 1 fully saturated rings. The summed E-state index contributed by atoms with van der Waals surface area (Å²) in [4.78, 5) is 29.3. The van der Waals surface area contributed by atoms with Crippen LogP contribution < -0.4 is 5.32 Å². The zero-order valence-electron chi connectivity index (χ0n) is 14.6. The molecule has 0 bridgehead atoms. The Kier molecular flexibility index (Phi) is 5.06. The van der Waals surface area contributed by atoms with Gasteiger partial charge in [0.15, 0.2) is 0 Å². The van der Waals surface area contributed by atoms with Gasteiger partial charge in [0.25, 0.3) is 5.91 Å². The van der Waals surface area contributed by atoms with Gasteiger partial charge in [-0.05, 0) is 37.0 Å². The molecule has 1 aromatic carbocycles. The van der Waals surface area contributed by atoms with Crippen molar-refractivity contribution in [3.8, 4) is 0 Å². The molecule has 0 atom stereocenters. The van der Waals surface area contributed by atoms with Crippen LogP contribution in [0.3, 0.4) is 0 Å². The van der Waals surface area contributed by atoms with E-state index in [4.69, 9.17) is 0 Å². The number of nitrogens with one attached hydrogen (secondary N) is 2. The number of fused-ring (bicyclic) bond motifs is 1. The van der Waals surface area contributed by atoms with E-state index < -0.39 is 0 Å². The van der Waals surface area contributed by atoms with Gasteiger partial charge in [0.2, 0.25) is 5.91 Å². The Hall–Kier alpha value is -2.37. The monoisotopic (exact) mass is 345 g/mol. The van der Waals surface area contributed by atoms with Crippen molar-refractivity contribution < 1.29 is 14.0 Å². The number of carbonyl (C=O) groups excluding carboxylic acids is 2. The van der Waals surface area contributed by atoms with Crippen LogP contribution in [-0.4, -0.2) is 40.8 Å². The van der Waals surface area contributed by atoms with Crippen molar-refractivity contribution in [3.05, 3.63) is 35.8 Å². The molecule has 0 unspecified atom stereocenters. The van der Waals surface area contributed by atoms with Crippen LogP contribution in [0.2, 0.25) is 0 Å². The molecule has 1 aromatic heterocycles. The molecule has 6 heteroatoms. The van der Waals surface area contributed by atoms with Crippen molar-refractivity contribution in [1.82, 2.24) is 15.2 Å². The molecule has 2 heterocycles. The van der Waals surface area contributed by atoms with Gasteiger partial charge in [0.05, 0.1) is 0 Å². The van der Waals surface area contributed by atoms with Crippen LogP contribution in [0.1, 0.15) is 43.6 Å². The zero-order valence-corrected chi connectivity index (χ0v) is 14.6. The Balaban J connectivity index is 1.57. The van der Waals surface area contributed by atoms with E-state index in [0.29, 0.717) is 42.0 Å². The van der Waals surface area contributed by atoms with Gasteiger partial charge >= 0.3 is 0 Å². The van der Waals surface area contributed by atoms with Crippen molar-refractivity contribution in [2.24, 2.45) is 5.92 Å². The summed E-state index contributed by atoms with van der Waals surface area (Å²) in [5, 5.41) is 3.40. The van der Waals surface area contributed by atoms with Gasteiger partial charge in [-0.1, -0.05) is 19.9 Å². The van der Waals surface area contributed by atoms with E-state index in [-0.39, 0.29) is 23.7 Å². The third-order valence-corrected chi connectivity index (χ3v) is 4.62. The number of nitrogens with zero attached hydrogens (tertiary/aromatic N) is 1. The number of carbonyl (C=O) groups is 2. The Morgan fingerprint density at radius 3 is 2.68 bits per heavy atom. The Morgan fingerprint density at radius 1 is 1.32 bits per heavy atom. The minimum atomic E-state index is -0.343. The molecule has 134 valence electrons. The molecule has 2 N–H and O–H groups in total. The van der Waals surface area contributed by atoms with Gasteiger partial charge in [-0.2, -0.15) is 0 Å². The molecule has 5 nitrogen and oxygen atoms in total. The van der Waals surface area contributed by atoms with Gasteiger partial charge in [-0.15, -0.1) is 0 Å². The normalized spacial score (nSPS) is 15.8. The van der Waals surface area contributed by atoms with Crippen LogP contribution in [0.25, 0.3) is 10.9 Å². The van der Waals surface area contributed by atoms with Gasteiger partial charge in [-0.3, -0.25) is 9.59 Å². The molecular formula is C19H24FN3O2. The number of likely N-dealkylation sites (tertiary alicyclic amines) is 1. The summed E-state index contributed by atoms with van der Waals surface area (Å²) in [6, 6.07) is 6.31. The fourth-order valence-corrected chi connectivity index (χ4v) is 3.26. The van der Waals surface area contributed by atoms with Crippen LogP contribution in [0.4, 0.5) is 4.39 Å². The van der Waals surface area contributed by atoms with Crippen LogP contribution in [0.5, 0.6) is 0 Å². The third kappa shape index (κ3) is 4.00. The summed E-state index contributed by atoms with van der Waals surface area (Å²) in [5.41, 5.74) is 0.970. The van der Waals surface area contributed by atoms with E-state index in [0.717, 1.165) is 12.8 Å². The van der Waals surface area contributed by atoms with Crippen molar-refractivity contribution in [2.75, 3.05) is 13.1 Å². The number of benzene rings is 1. The lowest BCUT2D eigenvalue weighted by Crippen LogP contribution is -2.46. The Labute approximate surface area is 146 Å². The molecule has 3 rings (SSSR count). The summed E-state index contributed by atoms with van der Waals surface area (Å²) >= 11 is 0. The summed E-state index contributed by atoms with van der Waals surface area (Å²) in [7, 11) is 0. The molecular weight excluding hydrogens is 321 g/mol. The highest BCUT2D eigenvalue weighted by Crippen LogP contribution is 2.19. The second kappa shape index (κ2) is 7.25. The number of halogens is 1. The number of H-pyrrole nitrogens is 1. The van der Waals surface area contributed by atoms with Crippen LogP contribution >= 0.6 is 0 Å². The van der Waals surface area contributed by atoms with Crippen LogP contribution in [0, 0.1) is 11.7 Å². The van der Waals surface area contributed by atoms with E-state index in [1.807, 2.05) is 18.7 Å². The number of piperidine rings is 1. The van der Waals surface area contributed by atoms with E-state index in [1.54, 1.807) is 18.2 Å². The Morgan fingerprint density at radius 2 is 2.04 bits per heavy atom. The fraction of sp³-hybridized carbons (Fsp3) is 0.474. The van der Waals surface area contributed by atoms with Gasteiger partial charge in [0.1, 0.15) is 11.5 Å². The highest BCUT2D eigenvalue weighted by molar-refractivity contribution is 5.98. The topological polar surface area (TPSA) is 65.2 Å². The third-order valence-electron chi connectivity index (χ3n) is 4.62. The van der Waals surface area contributed by atoms with E-state index in [2.05, 4.69) is 10.3 Å². The van der Waals surface area contributed by atoms with E-state index in [1.165, 1.54) is 6.07 Å². The first-order valence-electron chi connectivity index (χ1n) is 8.80. The largest absolute Gasteiger partial charge is 0.350 e. The lowest BCUT2D eigenvalue weighted by molar-refractivity contribution is -0.133. The predicted octanol–water partition coefficient (Wildman–Crippen LogP) is 3.07. The maximum Gasteiger partial charge on any atom is 0.267 e. The molecule has 2 amide bonds. The maximum atomic E-state index is 13.7. The van der Waals surface area contributed by atoms with Crippen molar-refractivity contribution in [2.45, 2.75) is 39.2 Å². The van der Waals surface area contributed by atoms with Crippen LogP contribution in [-0.2, 0) is 4.79 Å². The van der Waals surface area contributed by atoms with E-state index >= 15 is 0 Å². The highest BCUT2D eigenvalue weighted by Gasteiger charge is 2.24. The lowest BCUT2D eigenvalue weighted by atomic mass is 10.0. The summed E-state index contributed by atoms with van der Waals surface area (Å²) in [5.74, 6) is -0.0365. The first-order chi connectivity index (χ1) is 11.9. The number of hydrogen-bond acceptors (Lipinski definition) is 2. The second-order valence-electron chi connectivity index (χ2n) is 7.11. The lowest BCUT2D eigenvalue weighted by Gasteiger charge is -2.32. The standard InChI is InChI=1S/C19H24FN3O2/c1-12(2)10-18(24)23-8-6-13(7-9-23)21-19(25)17-11-14-15(20)4-3-5-16(14)22-17/h3-5,11-13,22H,6-10H2,1-2H3,(H,21,25). The molecule has 25 heavy (non-hydrogen) atoms. The Bertz CT molecular complexity index is 776. The first kappa shape index (κ1) is 17.5. The highest BCUT2D eigenvalue weighted by atomic mass is 19.1. The maximum absolute atomic E-state index is 13.7. The van der Waals surface area contributed by atoms with Crippen molar-refractivity contribution >= 4 is 22.7 Å².